The first-order valence-corrected chi connectivity index (χ1v) is 13.4. The van der Waals surface area contributed by atoms with Crippen LogP contribution in [-0.4, -0.2) is 17.9 Å². The van der Waals surface area contributed by atoms with Gasteiger partial charge in [0, 0.05) is 0 Å². The monoisotopic (exact) mass is 464 g/mol. The van der Waals surface area contributed by atoms with Crippen LogP contribution in [0.15, 0.2) is 127 Å². The normalized spacial score (nSPS) is 11.3. The van der Waals surface area contributed by atoms with E-state index in [1.807, 2.05) is 43.3 Å². The van der Waals surface area contributed by atoms with E-state index in [4.69, 9.17) is 4.74 Å². The van der Waals surface area contributed by atoms with Crippen LogP contribution in [-0.2, 0) is 9.53 Å². The average Bonchev–Trinajstić information content (AvgIpc) is 2.91. The molecule has 2 nitrogen and oxygen atoms in total. The molecule has 0 atom stereocenters. The Hall–Kier alpha value is -3.61. The SMILES string of the molecule is CCOC(=O)C(C/C=C/c1ccccc1)=P(c1ccccc1)(c1ccccc1)c1ccccc1. The molecule has 0 aromatic heterocycles. The molecule has 0 spiro atoms. The lowest BCUT2D eigenvalue weighted by Crippen LogP contribution is -2.34. The van der Waals surface area contributed by atoms with Gasteiger partial charge in [-0.3, -0.25) is 0 Å². The fourth-order valence-electron chi connectivity index (χ4n) is 4.31. The van der Waals surface area contributed by atoms with Crippen LogP contribution in [0.25, 0.3) is 6.08 Å². The second kappa shape index (κ2) is 11.5. The third-order valence-electron chi connectivity index (χ3n) is 5.77. The van der Waals surface area contributed by atoms with E-state index in [0.717, 1.165) is 26.8 Å². The number of ether oxygens (including phenoxy) is 1. The molecule has 0 aliphatic carbocycles. The summed E-state index contributed by atoms with van der Waals surface area (Å²) in [6, 6.07) is 41.4. The van der Waals surface area contributed by atoms with Gasteiger partial charge >= 0.3 is 5.97 Å². The molecule has 0 saturated carbocycles. The van der Waals surface area contributed by atoms with Gasteiger partial charge in [-0.1, -0.05) is 133 Å². The zero-order valence-electron chi connectivity index (χ0n) is 19.4. The van der Waals surface area contributed by atoms with Crippen LogP contribution < -0.4 is 15.9 Å². The molecular weight excluding hydrogens is 435 g/mol. The predicted molar refractivity (Wildman–Crippen MR) is 147 cm³/mol. The van der Waals surface area contributed by atoms with Gasteiger partial charge in [-0.2, -0.15) is 0 Å². The molecule has 34 heavy (non-hydrogen) atoms. The van der Waals surface area contributed by atoms with Gasteiger partial charge in [-0.25, -0.2) is 4.79 Å². The maximum atomic E-state index is 13.7. The Morgan fingerprint density at radius 1 is 0.676 bits per heavy atom. The van der Waals surface area contributed by atoms with Crippen LogP contribution in [0.3, 0.4) is 0 Å². The van der Waals surface area contributed by atoms with Crippen molar-refractivity contribution in [2.75, 3.05) is 6.61 Å². The molecule has 4 aromatic carbocycles. The lowest BCUT2D eigenvalue weighted by molar-refractivity contribution is -0.134. The van der Waals surface area contributed by atoms with Crippen molar-refractivity contribution in [2.24, 2.45) is 0 Å². The largest absolute Gasteiger partial charge is 0.463 e. The topological polar surface area (TPSA) is 26.3 Å². The van der Waals surface area contributed by atoms with Gasteiger partial charge in [0.25, 0.3) is 0 Å². The van der Waals surface area contributed by atoms with E-state index in [9.17, 15) is 4.79 Å². The number of carbonyl (C=O) groups is 1. The zero-order chi connectivity index (χ0) is 23.6. The minimum atomic E-state index is -2.48. The molecule has 0 fully saturated rings. The van der Waals surface area contributed by atoms with Crippen LogP contribution >= 0.6 is 6.89 Å². The van der Waals surface area contributed by atoms with Crippen LogP contribution in [0.1, 0.15) is 18.9 Å². The van der Waals surface area contributed by atoms with Crippen LogP contribution in [0.2, 0.25) is 0 Å². The number of rotatable bonds is 8. The summed E-state index contributed by atoms with van der Waals surface area (Å²) in [5.74, 6) is -0.231. The third-order valence-corrected chi connectivity index (χ3v) is 10.2. The van der Waals surface area contributed by atoms with Crippen LogP contribution in [0.5, 0.6) is 0 Å². The van der Waals surface area contributed by atoms with Crippen molar-refractivity contribution in [3.8, 4) is 0 Å². The lowest BCUT2D eigenvalue weighted by atomic mass is 10.2. The Labute approximate surface area is 202 Å². The number of hydrogen-bond donors (Lipinski definition) is 0. The molecule has 0 saturated heterocycles. The predicted octanol–water partition coefficient (Wildman–Crippen LogP) is 5.82. The van der Waals surface area contributed by atoms with E-state index < -0.39 is 6.89 Å². The molecule has 4 aromatic rings. The number of esters is 1. The highest BCUT2D eigenvalue weighted by Gasteiger charge is 2.33. The Morgan fingerprint density at radius 3 is 1.50 bits per heavy atom. The third kappa shape index (κ3) is 4.98. The summed E-state index contributed by atoms with van der Waals surface area (Å²) in [4.78, 5) is 13.7. The quantitative estimate of drug-likeness (QED) is 0.243. The van der Waals surface area contributed by atoms with Crippen LogP contribution in [0, 0.1) is 0 Å². The van der Waals surface area contributed by atoms with Crippen molar-refractivity contribution in [2.45, 2.75) is 13.3 Å². The molecule has 0 aliphatic rings. The van der Waals surface area contributed by atoms with Crippen molar-refractivity contribution in [1.29, 1.82) is 0 Å². The Balaban J connectivity index is 2.07. The number of carbonyl (C=O) groups excluding carboxylic acids is 1. The van der Waals surface area contributed by atoms with Crippen molar-refractivity contribution in [3.63, 3.8) is 0 Å². The van der Waals surface area contributed by atoms with Crippen molar-refractivity contribution in [1.82, 2.24) is 0 Å². The second-order valence-corrected chi connectivity index (χ2v) is 11.3. The van der Waals surface area contributed by atoms with E-state index >= 15 is 0 Å². The lowest BCUT2D eigenvalue weighted by Gasteiger charge is -2.32. The molecule has 0 amide bonds. The molecule has 0 heterocycles. The summed E-state index contributed by atoms with van der Waals surface area (Å²) in [5.41, 5.74) is 1.11. The zero-order valence-corrected chi connectivity index (χ0v) is 20.3. The Morgan fingerprint density at radius 2 is 1.09 bits per heavy atom. The fourth-order valence-corrected chi connectivity index (χ4v) is 8.72. The average molecular weight is 465 g/mol. The standard InChI is InChI=1S/C31H29O2P/c1-2-33-31(32)30(25-15-18-26-16-7-3-8-17-26)34(27-19-9-4-10-20-27,28-21-11-5-12-22-28)29-23-13-6-14-24-29/h3-24H,2,25H2,1H3/b18-15+. The number of allylic oxidation sites excluding steroid dienone is 1. The van der Waals surface area contributed by atoms with Crippen molar-refractivity contribution < 1.29 is 9.53 Å². The first kappa shape index (κ1) is 23.5. The molecule has 4 rings (SSSR count). The van der Waals surface area contributed by atoms with Crippen LogP contribution in [0.4, 0.5) is 0 Å². The molecule has 0 unspecified atom stereocenters. The van der Waals surface area contributed by atoms with Gasteiger partial charge in [0.15, 0.2) is 0 Å². The molecule has 0 aliphatic heterocycles. The van der Waals surface area contributed by atoms with E-state index in [1.54, 1.807) is 0 Å². The summed E-state index contributed by atoms with van der Waals surface area (Å²) in [7, 11) is 0. The number of hydrogen-bond acceptors (Lipinski definition) is 2. The molecule has 3 heteroatoms. The number of benzene rings is 4. The first-order valence-electron chi connectivity index (χ1n) is 11.6. The maximum Gasteiger partial charge on any atom is 0.335 e. The molecule has 0 N–H and O–H groups in total. The maximum absolute atomic E-state index is 13.7. The molecule has 0 bridgehead atoms. The Bertz CT molecular complexity index is 1180. The highest BCUT2D eigenvalue weighted by atomic mass is 31.2. The fraction of sp³-hybridized carbons (Fsp3) is 0.0968. The summed E-state index contributed by atoms with van der Waals surface area (Å²) in [6.45, 7) is -0.279. The minimum Gasteiger partial charge on any atom is -0.463 e. The van der Waals surface area contributed by atoms with Gasteiger partial charge in [0.1, 0.15) is 0 Å². The summed E-state index contributed by atoms with van der Waals surface area (Å²) in [6.07, 6.45) is 4.67. The van der Waals surface area contributed by atoms with Gasteiger partial charge in [0.2, 0.25) is 0 Å². The second-order valence-electron chi connectivity index (χ2n) is 7.86. The van der Waals surface area contributed by atoms with E-state index in [1.165, 1.54) is 0 Å². The van der Waals surface area contributed by atoms with E-state index in [2.05, 4.69) is 97.1 Å². The summed E-state index contributed by atoms with van der Waals surface area (Å²) < 4.78 is 5.70. The molecule has 170 valence electrons. The highest BCUT2D eigenvalue weighted by Crippen LogP contribution is 2.47. The summed E-state index contributed by atoms with van der Waals surface area (Å²) >= 11 is 0. The van der Waals surface area contributed by atoms with E-state index in [0.29, 0.717) is 13.0 Å². The first-order chi connectivity index (χ1) is 16.8. The van der Waals surface area contributed by atoms with Crippen molar-refractivity contribution >= 4 is 40.1 Å². The minimum absolute atomic E-state index is 0.231. The smallest absolute Gasteiger partial charge is 0.335 e. The van der Waals surface area contributed by atoms with Gasteiger partial charge in [-0.05, 0) is 41.7 Å². The van der Waals surface area contributed by atoms with Crippen molar-refractivity contribution in [3.05, 3.63) is 133 Å². The molecular formula is C31H29O2P. The van der Waals surface area contributed by atoms with Gasteiger partial charge in [0.05, 0.1) is 11.9 Å². The summed E-state index contributed by atoms with van der Waals surface area (Å²) in [5, 5.41) is 4.22. The highest BCUT2D eigenvalue weighted by molar-refractivity contribution is 7.96. The van der Waals surface area contributed by atoms with E-state index in [-0.39, 0.29) is 5.97 Å². The molecule has 0 radical (unpaired) electrons. The van der Waals surface area contributed by atoms with Gasteiger partial charge in [-0.15, -0.1) is 0 Å². The Kier molecular flexibility index (Phi) is 7.96. The van der Waals surface area contributed by atoms with Gasteiger partial charge < -0.3 is 4.74 Å².